The molecule has 2 aromatic carbocycles. The largest absolute Gasteiger partial charge is 0.336 e. The van der Waals surface area contributed by atoms with Crippen molar-refractivity contribution in [3.8, 4) is 0 Å². The third kappa shape index (κ3) is 7.29. The number of aryl methyl sites for hydroxylation is 1. The highest BCUT2D eigenvalue weighted by molar-refractivity contribution is 5.94. The molecule has 0 aromatic heterocycles. The molecule has 0 unspecified atom stereocenters. The molecule has 36 heavy (non-hydrogen) atoms. The predicted molar refractivity (Wildman–Crippen MR) is 140 cm³/mol. The van der Waals surface area contributed by atoms with Crippen molar-refractivity contribution in [2.24, 2.45) is 0 Å². The summed E-state index contributed by atoms with van der Waals surface area (Å²) in [7, 11) is 0. The summed E-state index contributed by atoms with van der Waals surface area (Å²) in [6, 6.07) is 14.5. The number of amides is 3. The normalized spacial score (nSPS) is 17.1. The quantitative estimate of drug-likeness (QED) is 0.579. The molecule has 1 saturated carbocycles. The summed E-state index contributed by atoms with van der Waals surface area (Å²) in [5, 5.41) is 3.23. The monoisotopic (exact) mass is 494 g/mol. The molecular weight excluding hydrogens is 455 g/mol. The van der Waals surface area contributed by atoms with Gasteiger partial charge in [0.2, 0.25) is 0 Å². The van der Waals surface area contributed by atoms with Gasteiger partial charge in [0.05, 0.1) is 0 Å². The first-order valence-electron chi connectivity index (χ1n) is 13.4. The van der Waals surface area contributed by atoms with Gasteiger partial charge >= 0.3 is 6.03 Å². The van der Waals surface area contributed by atoms with Gasteiger partial charge < -0.3 is 15.1 Å². The fraction of sp³-hybridized carbons (Fsp3) is 0.517. The fourth-order valence-electron chi connectivity index (χ4n) is 5.08. The van der Waals surface area contributed by atoms with Gasteiger partial charge in [0.15, 0.2) is 0 Å². The van der Waals surface area contributed by atoms with Crippen LogP contribution in [0.2, 0.25) is 0 Å². The van der Waals surface area contributed by atoms with E-state index >= 15 is 0 Å². The van der Waals surface area contributed by atoms with E-state index in [2.05, 4.69) is 17.1 Å². The Labute approximate surface area is 214 Å². The Balaban J connectivity index is 1.30. The number of halogens is 1. The number of rotatable bonds is 8. The summed E-state index contributed by atoms with van der Waals surface area (Å²) in [6.45, 7) is 6.82. The lowest BCUT2D eigenvalue weighted by molar-refractivity contribution is 0.0627. The van der Waals surface area contributed by atoms with Crippen LogP contribution in [0, 0.1) is 5.82 Å². The van der Waals surface area contributed by atoms with Gasteiger partial charge in [-0.25, -0.2) is 9.18 Å². The van der Waals surface area contributed by atoms with Crippen molar-refractivity contribution >= 4 is 11.9 Å². The first-order valence-corrected chi connectivity index (χ1v) is 13.4. The van der Waals surface area contributed by atoms with Crippen molar-refractivity contribution < 1.29 is 14.0 Å². The van der Waals surface area contributed by atoms with E-state index in [1.807, 2.05) is 34.1 Å². The zero-order valence-electron chi connectivity index (χ0n) is 21.4. The topological polar surface area (TPSA) is 55.9 Å². The average molecular weight is 495 g/mol. The second kappa shape index (κ2) is 12.9. The molecule has 0 atom stereocenters. The molecule has 2 aliphatic rings. The van der Waals surface area contributed by atoms with E-state index in [1.54, 1.807) is 12.1 Å². The van der Waals surface area contributed by atoms with Crippen LogP contribution in [-0.4, -0.2) is 71.9 Å². The smallest absolute Gasteiger partial charge is 0.317 e. The first kappa shape index (κ1) is 26.1. The zero-order valence-corrected chi connectivity index (χ0v) is 21.4. The molecule has 7 heteroatoms. The SMILES string of the molecule is CCc1ccc(C(=O)N2CCN(CCN(Cc3ccc(F)cc3)C(=O)NC3CCCCC3)CC2)cc1. The fourth-order valence-corrected chi connectivity index (χ4v) is 5.08. The van der Waals surface area contributed by atoms with E-state index in [0.717, 1.165) is 62.9 Å². The summed E-state index contributed by atoms with van der Waals surface area (Å²) in [6.07, 6.45) is 6.60. The maximum Gasteiger partial charge on any atom is 0.317 e. The van der Waals surface area contributed by atoms with E-state index in [4.69, 9.17) is 0 Å². The Bertz CT molecular complexity index is 981. The first-order chi connectivity index (χ1) is 17.5. The number of urea groups is 1. The molecule has 0 bridgehead atoms. The Hall–Kier alpha value is -2.93. The van der Waals surface area contributed by atoms with Gasteiger partial charge in [-0.2, -0.15) is 0 Å². The third-order valence-corrected chi connectivity index (χ3v) is 7.46. The highest BCUT2D eigenvalue weighted by Gasteiger charge is 2.24. The van der Waals surface area contributed by atoms with Gasteiger partial charge in [0, 0.05) is 57.4 Å². The van der Waals surface area contributed by atoms with Crippen LogP contribution in [0.25, 0.3) is 0 Å². The lowest BCUT2D eigenvalue weighted by Crippen LogP contribution is -2.52. The minimum Gasteiger partial charge on any atom is -0.336 e. The minimum atomic E-state index is -0.273. The number of nitrogens with one attached hydrogen (secondary N) is 1. The van der Waals surface area contributed by atoms with Crippen LogP contribution in [0.3, 0.4) is 0 Å². The molecule has 1 N–H and O–H groups in total. The molecular formula is C29H39FN4O2. The average Bonchev–Trinajstić information content (AvgIpc) is 2.92. The van der Waals surface area contributed by atoms with Crippen molar-refractivity contribution in [3.05, 3.63) is 71.0 Å². The van der Waals surface area contributed by atoms with Gasteiger partial charge in [0.1, 0.15) is 5.82 Å². The number of carbonyl (C=O) groups is 2. The number of piperazine rings is 1. The Kier molecular flexibility index (Phi) is 9.34. The predicted octanol–water partition coefficient (Wildman–Crippen LogP) is 4.69. The lowest BCUT2D eigenvalue weighted by Gasteiger charge is -2.36. The minimum absolute atomic E-state index is 0.0458. The van der Waals surface area contributed by atoms with Crippen LogP contribution >= 0.6 is 0 Å². The molecule has 0 spiro atoms. The van der Waals surface area contributed by atoms with Crippen molar-refractivity contribution in [1.82, 2.24) is 20.0 Å². The number of benzene rings is 2. The van der Waals surface area contributed by atoms with E-state index in [1.165, 1.54) is 24.1 Å². The number of nitrogens with zero attached hydrogens (tertiary/aromatic N) is 3. The molecule has 6 nitrogen and oxygen atoms in total. The Morgan fingerprint density at radius 3 is 2.19 bits per heavy atom. The zero-order chi connectivity index (χ0) is 25.3. The maximum atomic E-state index is 13.4. The summed E-state index contributed by atoms with van der Waals surface area (Å²) in [5.74, 6) is -0.187. The number of hydrogen-bond donors (Lipinski definition) is 1. The van der Waals surface area contributed by atoms with Gasteiger partial charge in [0.25, 0.3) is 5.91 Å². The third-order valence-electron chi connectivity index (χ3n) is 7.46. The van der Waals surface area contributed by atoms with Gasteiger partial charge in [-0.1, -0.05) is 50.5 Å². The highest BCUT2D eigenvalue weighted by atomic mass is 19.1. The van der Waals surface area contributed by atoms with E-state index in [9.17, 15) is 14.0 Å². The van der Waals surface area contributed by atoms with Gasteiger partial charge in [-0.3, -0.25) is 9.69 Å². The lowest BCUT2D eigenvalue weighted by atomic mass is 9.96. The number of hydrogen-bond acceptors (Lipinski definition) is 3. The van der Waals surface area contributed by atoms with Crippen LogP contribution in [0.4, 0.5) is 9.18 Å². The Morgan fingerprint density at radius 2 is 1.56 bits per heavy atom. The summed E-state index contributed by atoms with van der Waals surface area (Å²) < 4.78 is 13.4. The second-order valence-electron chi connectivity index (χ2n) is 10.0. The van der Waals surface area contributed by atoms with E-state index in [-0.39, 0.29) is 23.8 Å². The standard InChI is InChI=1S/C29H39FN4O2/c1-2-23-8-12-25(13-9-23)28(35)33-19-16-32(17-20-33)18-21-34(22-24-10-14-26(30)15-11-24)29(36)31-27-6-4-3-5-7-27/h8-15,27H,2-7,16-22H2,1H3,(H,31,36). The molecule has 0 radical (unpaired) electrons. The number of carbonyl (C=O) groups excluding carboxylic acids is 2. The summed E-state index contributed by atoms with van der Waals surface area (Å²) in [5.41, 5.74) is 2.89. The molecule has 4 rings (SSSR count). The summed E-state index contributed by atoms with van der Waals surface area (Å²) in [4.78, 5) is 32.1. The molecule has 1 aliphatic carbocycles. The van der Waals surface area contributed by atoms with Crippen molar-refractivity contribution in [3.63, 3.8) is 0 Å². The van der Waals surface area contributed by atoms with E-state index in [0.29, 0.717) is 26.2 Å². The van der Waals surface area contributed by atoms with Gasteiger partial charge in [-0.15, -0.1) is 0 Å². The Morgan fingerprint density at radius 1 is 0.917 bits per heavy atom. The molecule has 1 heterocycles. The van der Waals surface area contributed by atoms with E-state index < -0.39 is 0 Å². The van der Waals surface area contributed by atoms with Crippen LogP contribution in [0.1, 0.15) is 60.5 Å². The van der Waals surface area contributed by atoms with Crippen LogP contribution < -0.4 is 5.32 Å². The molecule has 1 saturated heterocycles. The second-order valence-corrected chi connectivity index (χ2v) is 10.0. The van der Waals surface area contributed by atoms with Crippen molar-refractivity contribution in [2.45, 2.75) is 58.0 Å². The molecule has 3 amide bonds. The van der Waals surface area contributed by atoms with Crippen molar-refractivity contribution in [2.75, 3.05) is 39.3 Å². The van der Waals surface area contributed by atoms with Crippen molar-refractivity contribution in [1.29, 1.82) is 0 Å². The molecule has 194 valence electrons. The maximum absolute atomic E-state index is 13.4. The molecule has 1 aliphatic heterocycles. The summed E-state index contributed by atoms with van der Waals surface area (Å²) >= 11 is 0. The molecule has 2 aromatic rings. The highest BCUT2D eigenvalue weighted by Crippen LogP contribution is 2.18. The van der Waals surface area contributed by atoms with Crippen LogP contribution in [0.15, 0.2) is 48.5 Å². The van der Waals surface area contributed by atoms with Gasteiger partial charge in [-0.05, 0) is 54.7 Å². The molecule has 2 fully saturated rings. The van der Waals surface area contributed by atoms with Crippen LogP contribution in [0.5, 0.6) is 0 Å². The van der Waals surface area contributed by atoms with Crippen LogP contribution in [-0.2, 0) is 13.0 Å².